The molecule has 1 amide bonds. The Morgan fingerprint density at radius 1 is 1.20 bits per heavy atom. The molecule has 0 aliphatic carbocycles. The minimum absolute atomic E-state index is 0.00921. The molecule has 0 saturated heterocycles. The van der Waals surface area contributed by atoms with Crippen molar-refractivity contribution in [1.29, 1.82) is 0 Å². The molecule has 0 aliphatic rings. The highest BCUT2D eigenvalue weighted by Crippen LogP contribution is 2.26. The molecule has 6 nitrogen and oxygen atoms in total. The Bertz CT molecular complexity index is 863. The average molecular weight is 360 g/mol. The molecule has 0 radical (unpaired) electrons. The van der Waals surface area contributed by atoms with Crippen molar-refractivity contribution in [1.82, 2.24) is 5.32 Å². The van der Waals surface area contributed by atoms with Crippen molar-refractivity contribution < 1.29 is 17.9 Å². The lowest BCUT2D eigenvalue weighted by Crippen LogP contribution is -2.23. The van der Waals surface area contributed by atoms with Gasteiger partial charge in [0.05, 0.1) is 17.2 Å². The van der Waals surface area contributed by atoms with E-state index in [2.05, 4.69) is 16.6 Å². The number of hydrogen-bond donors (Lipinski definition) is 2. The number of nitrogens with one attached hydrogen (secondary N) is 2. The van der Waals surface area contributed by atoms with Crippen molar-refractivity contribution >= 4 is 21.6 Å². The highest BCUT2D eigenvalue weighted by atomic mass is 32.2. The number of anilines is 1. The van der Waals surface area contributed by atoms with Crippen LogP contribution in [0.15, 0.2) is 66.1 Å². The van der Waals surface area contributed by atoms with Gasteiger partial charge in [0.1, 0.15) is 5.75 Å². The highest BCUT2D eigenvalue weighted by Gasteiger charge is 2.18. The first-order valence-corrected chi connectivity index (χ1v) is 9.20. The molecule has 0 heterocycles. The molecule has 0 saturated carbocycles. The quantitative estimate of drug-likeness (QED) is 0.709. The van der Waals surface area contributed by atoms with Gasteiger partial charge >= 0.3 is 0 Å². The second kappa shape index (κ2) is 8.34. The number of benzene rings is 2. The molecule has 0 bridgehead atoms. The Kier molecular flexibility index (Phi) is 6.19. The maximum Gasteiger partial charge on any atom is 0.262 e. The SMILES string of the molecule is C=CCNC(=O)c1cccc(S(=O)(=O)Nc2ccccc2OCC)c1. The minimum atomic E-state index is -3.86. The molecular formula is C18H20N2O4S. The number of ether oxygens (including phenoxy) is 1. The minimum Gasteiger partial charge on any atom is -0.492 e. The summed E-state index contributed by atoms with van der Waals surface area (Å²) < 4.78 is 33.2. The van der Waals surface area contributed by atoms with Crippen molar-refractivity contribution in [2.45, 2.75) is 11.8 Å². The molecule has 2 N–H and O–H groups in total. The van der Waals surface area contributed by atoms with E-state index in [1.807, 2.05) is 6.92 Å². The zero-order valence-corrected chi connectivity index (χ0v) is 14.7. The van der Waals surface area contributed by atoms with Crippen molar-refractivity contribution in [3.8, 4) is 5.75 Å². The summed E-state index contributed by atoms with van der Waals surface area (Å²) >= 11 is 0. The lowest BCUT2D eigenvalue weighted by molar-refractivity contribution is 0.0958. The number of para-hydroxylation sites is 2. The monoisotopic (exact) mass is 360 g/mol. The van der Waals surface area contributed by atoms with Crippen LogP contribution in [0.25, 0.3) is 0 Å². The van der Waals surface area contributed by atoms with Gasteiger partial charge in [-0.05, 0) is 37.3 Å². The van der Waals surface area contributed by atoms with Gasteiger partial charge < -0.3 is 10.1 Å². The maximum atomic E-state index is 12.6. The van der Waals surface area contributed by atoms with Crippen molar-refractivity contribution in [3.63, 3.8) is 0 Å². The number of rotatable bonds is 8. The van der Waals surface area contributed by atoms with Gasteiger partial charge in [0.2, 0.25) is 0 Å². The van der Waals surface area contributed by atoms with Crippen molar-refractivity contribution in [2.75, 3.05) is 17.9 Å². The molecule has 0 aliphatic heterocycles. The van der Waals surface area contributed by atoms with Gasteiger partial charge in [0.25, 0.3) is 15.9 Å². The summed E-state index contributed by atoms with van der Waals surface area (Å²) in [6.45, 7) is 6.05. The molecule has 0 unspecified atom stereocenters. The molecular weight excluding hydrogens is 340 g/mol. The van der Waals surface area contributed by atoms with Crippen LogP contribution in [0.2, 0.25) is 0 Å². The molecule has 0 atom stereocenters. The lowest BCUT2D eigenvalue weighted by Gasteiger charge is -2.13. The third kappa shape index (κ3) is 4.84. The van der Waals surface area contributed by atoms with Gasteiger partial charge in [0.15, 0.2) is 0 Å². The van der Waals surface area contributed by atoms with Crippen molar-refractivity contribution in [3.05, 3.63) is 66.7 Å². The normalized spacial score (nSPS) is 10.8. The summed E-state index contributed by atoms with van der Waals surface area (Å²) in [4.78, 5) is 12.0. The van der Waals surface area contributed by atoms with Crippen LogP contribution in [-0.4, -0.2) is 27.5 Å². The van der Waals surface area contributed by atoms with Crippen LogP contribution in [0.1, 0.15) is 17.3 Å². The van der Waals surface area contributed by atoms with Crippen LogP contribution in [0.4, 0.5) is 5.69 Å². The third-order valence-corrected chi connectivity index (χ3v) is 4.61. The molecule has 2 aromatic rings. The first kappa shape index (κ1) is 18.5. The fraction of sp³-hybridized carbons (Fsp3) is 0.167. The first-order chi connectivity index (χ1) is 12.0. The predicted molar refractivity (Wildman–Crippen MR) is 97.4 cm³/mol. The van der Waals surface area contributed by atoms with Gasteiger partial charge in [-0.3, -0.25) is 9.52 Å². The molecule has 132 valence electrons. The third-order valence-electron chi connectivity index (χ3n) is 3.24. The van der Waals surface area contributed by atoms with Gasteiger partial charge in [-0.1, -0.05) is 24.3 Å². The summed E-state index contributed by atoms with van der Waals surface area (Å²) in [6, 6.07) is 12.6. The number of sulfonamides is 1. The van der Waals surface area contributed by atoms with E-state index in [1.54, 1.807) is 36.4 Å². The van der Waals surface area contributed by atoms with Crippen LogP contribution in [0, 0.1) is 0 Å². The molecule has 25 heavy (non-hydrogen) atoms. The van der Waals surface area contributed by atoms with Gasteiger partial charge in [-0.25, -0.2) is 8.42 Å². The average Bonchev–Trinajstić information content (AvgIpc) is 2.61. The molecule has 2 aromatic carbocycles. The van der Waals surface area contributed by atoms with Gasteiger partial charge in [0, 0.05) is 12.1 Å². The summed E-state index contributed by atoms with van der Waals surface area (Å²) in [7, 11) is -3.86. The van der Waals surface area contributed by atoms with Crippen LogP contribution < -0.4 is 14.8 Å². The number of carbonyl (C=O) groups is 1. The van der Waals surface area contributed by atoms with E-state index >= 15 is 0 Å². The zero-order valence-electron chi connectivity index (χ0n) is 13.9. The van der Waals surface area contributed by atoms with E-state index in [4.69, 9.17) is 4.74 Å². The number of hydrogen-bond acceptors (Lipinski definition) is 4. The van der Waals surface area contributed by atoms with Gasteiger partial charge in [-0.15, -0.1) is 6.58 Å². The predicted octanol–water partition coefficient (Wildman–Crippen LogP) is 2.80. The largest absolute Gasteiger partial charge is 0.492 e. The smallest absolute Gasteiger partial charge is 0.262 e. The van der Waals surface area contributed by atoms with E-state index in [0.29, 0.717) is 24.6 Å². The standard InChI is InChI=1S/C18H20N2O4S/c1-3-12-19-18(21)14-8-7-9-15(13-14)25(22,23)20-16-10-5-6-11-17(16)24-4-2/h3,5-11,13,20H,1,4,12H2,2H3,(H,19,21). The van der Waals surface area contributed by atoms with Crippen LogP contribution in [0.3, 0.4) is 0 Å². The fourth-order valence-electron chi connectivity index (χ4n) is 2.11. The van der Waals surface area contributed by atoms with E-state index in [0.717, 1.165) is 0 Å². The second-order valence-electron chi connectivity index (χ2n) is 5.06. The summed E-state index contributed by atoms with van der Waals surface area (Å²) in [6.07, 6.45) is 1.55. The molecule has 0 aromatic heterocycles. The Morgan fingerprint density at radius 3 is 2.68 bits per heavy atom. The Balaban J connectivity index is 2.28. The number of carbonyl (C=O) groups excluding carboxylic acids is 1. The van der Waals surface area contributed by atoms with E-state index in [-0.39, 0.29) is 16.4 Å². The number of amides is 1. The fourth-order valence-corrected chi connectivity index (χ4v) is 3.22. The summed E-state index contributed by atoms with van der Waals surface area (Å²) in [5.41, 5.74) is 0.591. The van der Waals surface area contributed by atoms with Crippen molar-refractivity contribution in [2.24, 2.45) is 0 Å². The summed E-state index contributed by atoms with van der Waals surface area (Å²) in [5, 5.41) is 2.61. The van der Waals surface area contributed by atoms with Crippen LogP contribution >= 0.6 is 0 Å². The van der Waals surface area contributed by atoms with Crippen LogP contribution in [-0.2, 0) is 10.0 Å². The van der Waals surface area contributed by atoms with E-state index < -0.39 is 10.0 Å². The Morgan fingerprint density at radius 2 is 1.96 bits per heavy atom. The first-order valence-electron chi connectivity index (χ1n) is 7.71. The topological polar surface area (TPSA) is 84.5 Å². The molecule has 0 fully saturated rings. The van der Waals surface area contributed by atoms with Gasteiger partial charge in [-0.2, -0.15) is 0 Å². The Labute approximate surface area is 147 Å². The van der Waals surface area contributed by atoms with Crippen LogP contribution in [0.5, 0.6) is 5.75 Å². The molecule has 0 spiro atoms. The summed E-state index contributed by atoms with van der Waals surface area (Å²) in [5.74, 6) is 0.0696. The Hall–Kier alpha value is -2.80. The molecule has 2 rings (SSSR count). The maximum absolute atomic E-state index is 12.6. The molecule has 7 heteroatoms. The van der Waals surface area contributed by atoms with E-state index in [9.17, 15) is 13.2 Å². The van der Waals surface area contributed by atoms with E-state index in [1.165, 1.54) is 18.2 Å². The lowest BCUT2D eigenvalue weighted by atomic mass is 10.2. The second-order valence-corrected chi connectivity index (χ2v) is 6.74. The zero-order chi connectivity index (χ0) is 18.3. The highest BCUT2D eigenvalue weighted by molar-refractivity contribution is 7.92.